The highest BCUT2D eigenvalue weighted by atomic mass is 32.2. The van der Waals surface area contributed by atoms with Crippen molar-refractivity contribution in [2.75, 3.05) is 12.4 Å². The van der Waals surface area contributed by atoms with E-state index in [0.717, 1.165) is 12.4 Å². The maximum absolute atomic E-state index is 2.39. The summed E-state index contributed by atoms with van der Waals surface area (Å²) in [6.07, 6.45) is 0. The number of thioether (sulfide) groups is 1. The molecule has 0 atom stereocenters. The lowest BCUT2D eigenvalue weighted by Crippen LogP contribution is -2.16. The van der Waals surface area contributed by atoms with Crippen LogP contribution in [0.5, 0.6) is 0 Å². The largest absolute Gasteiger partial charge is 0.365 e. The predicted octanol–water partition coefficient (Wildman–Crippen LogP) is 2.26. The second-order valence-electron chi connectivity index (χ2n) is 2.27. The topological polar surface area (TPSA) is 3.24 Å². The molecule has 0 aromatic carbocycles. The molecule has 1 heterocycles. The molecule has 0 aliphatic carbocycles. The van der Waals surface area contributed by atoms with Gasteiger partial charge in [-0.2, -0.15) is 0 Å². The third-order valence-electron chi connectivity index (χ3n) is 1.80. The molecule has 0 fully saturated rings. The van der Waals surface area contributed by atoms with E-state index in [0.29, 0.717) is 0 Å². The molecule has 0 bridgehead atoms. The third-order valence-corrected chi connectivity index (χ3v) is 2.97. The van der Waals surface area contributed by atoms with Crippen molar-refractivity contribution in [1.29, 1.82) is 0 Å². The van der Waals surface area contributed by atoms with Crippen molar-refractivity contribution < 1.29 is 0 Å². The van der Waals surface area contributed by atoms with Crippen molar-refractivity contribution in [1.82, 2.24) is 4.90 Å². The van der Waals surface area contributed by atoms with Gasteiger partial charge in [-0.1, -0.05) is 0 Å². The number of allylic oxidation sites excluding steroid dienone is 2. The molecule has 52 valence electrons. The molecule has 1 aliphatic rings. The minimum absolute atomic E-state index is 1.15. The Labute approximate surface area is 61.1 Å². The lowest BCUT2D eigenvalue weighted by Gasteiger charge is -2.15. The van der Waals surface area contributed by atoms with E-state index in [1.165, 1.54) is 10.6 Å². The van der Waals surface area contributed by atoms with E-state index in [1.54, 1.807) is 0 Å². The Morgan fingerprint density at radius 1 is 1.56 bits per heavy atom. The van der Waals surface area contributed by atoms with E-state index in [4.69, 9.17) is 0 Å². The number of hydrogen-bond donors (Lipinski definition) is 0. The van der Waals surface area contributed by atoms with Crippen molar-refractivity contribution in [3.05, 3.63) is 10.6 Å². The number of hydrogen-bond acceptors (Lipinski definition) is 2. The molecular formula is C7H13NS. The summed E-state index contributed by atoms with van der Waals surface area (Å²) in [6, 6.07) is 0. The van der Waals surface area contributed by atoms with Crippen LogP contribution in [0.3, 0.4) is 0 Å². The van der Waals surface area contributed by atoms with E-state index in [9.17, 15) is 0 Å². The van der Waals surface area contributed by atoms with E-state index >= 15 is 0 Å². The molecule has 0 unspecified atom stereocenters. The van der Waals surface area contributed by atoms with Crippen LogP contribution in [0.2, 0.25) is 0 Å². The van der Waals surface area contributed by atoms with Crippen molar-refractivity contribution in [2.24, 2.45) is 0 Å². The normalized spacial score (nSPS) is 19.7. The summed E-state index contributed by atoms with van der Waals surface area (Å²) in [4.78, 5) is 3.87. The monoisotopic (exact) mass is 143 g/mol. The van der Waals surface area contributed by atoms with Crippen LogP contribution in [0.25, 0.3) is 0 Å². The maximum Gasteiger partial charge on any atom is 0.0680 e. The Balaban J connectivity index is 2.63. The second-order valence-corrected chi connectivity index (χ2v) is 3.43. The predicted molar refractivity (Wildman–Crippen MR) is 43.2 cm³/mol. The summed E-state index contributed by atoms with van der Waals surface area (Å²) in [5.74, 6) is 1.16. The van der Waals surface area contributed by atoms with Gasteiger partial charge in [-0.3, -0.25) is 0 Å². The van der Waals surface area contributed by atoms with Crippen LogP contribution in [0, 0.1) is 0 Å². The van der Waals surface area contributed by atoms with E-state index in [1.807, 2.05) is 11.8 Å². The van der Waals surface area contributed by atoms with Crippen LogP contribution >= 0.6 is 11.8 Å². The Hall–Kier alpha value is -0.110. The fourth-order valence-corrected chi connectivity index (χ4v) is 1.99. The average molecular weight is 143 g/mol. The first kappa shape index (κ1) is 7.00. The summed E-state index contributed by atoms with van der Waals surface area (Å²) in [6.45, 7) is 7.73. The third kappa shape index (κ3) is 1.23. The highest BCUT2D eigenvalue weighted by Gasteiger charge is 2.13. The van der Waals surface area contributed by atoms with Crippen LogP contribution in [-0.4, -0.2) is 17.3 Å². The summed E-state index contributed by atoms with van der Waals surface area (Å²) in [5, 5.41) is 0. The second kappa shape index (κ2) is 2.65. The number of nitrogens with zero attached hydrogens (tertiary/aromatic N) is 1. The van der Waals surface area contributed by atoms with E-state index in [-0.39, 0.29) is 0 Å². The highest BCUT2D eigenvalue weighted by molar-refractivity contribution is 8.03. The first-order valence-electron chi connectivity index (χ1n) is 3.31. The number of rotatable bonds is 1. The van der Waals surface area contributed by atoms with Gasteiger partial charge >= 0.3 is 0 Å². The van der Waals surface area contributed by atoms with Crippen molar-refractivity contribution in [3.63, 3.8) is 0 Å². The highest BCUT2D eigenvalue weighted by Crippen LogP contribution is 2.29. The zero-order valence-corrected chi connectivity index (χ0v) is 7.09. The van der Waals surface area contributed by atoms with Gasteiger partial charge in [0, 0.05) is 17.1 Å². The minimum Gasteiger partial charge on any atom is -0.365 e. The Bertz CT molecular complexity index is 140. The Kier molecular flexibility index (Phi) is 2.06. The Morgan fingerprint density at radius 2 is 2.22 bits per heavy atom. The van der Waals surface area contributed by atoms with Crippen LogP contribution in [-0.2, 0) is 0 Å². The molecule has 2 heteroatoms. The molecule has 0 spiro atoms. The zero-order valence-electron chi connectivity index (χ0n) is 6.27. The maximum atomic E-state index is 2.39. The molecule has 1 nitrogen and oxygen atoms in total. The van der Waals surface area contributed by atoms with Gasteiger partial charge < -0.3 is 4.90 Å². The summed E-state index contributed by atoms with van der Waals surface area (Å²) < 4.78 is 0. The molecule has 0 saturated heterocycles. The molecule has 0 N–H and O–H groups in total. The van der Waals surface area contributed by atoms with Gasteiger partial charge in [0.2, 0.25) is 0 Å². The standard InChI is InChI=1S/C7H13NS/c1-4-8-5-9-7(3)6(8)2/h4-5H2,1-3H3. The van der Waals surface area contributed by atoms with Crippen LogP contribution < -0.4 is 0 Å². The molecule has 1 aliphatic heterocycles. The quantitative estimate of drug-likeness (QED) is 0.554. The van der Waals surface area contributed by atoms with Crippen LogP contribution in [0.15, 0.2) is 10.6 Å². The smallest absolute Gasteiger partial charge is 0.0680 e. The van der Waals surface area contributed by atoms with Gasteiger partial charge in [0.15, 0.2) is 0 Å². The average Bonchev–Trinajstić information content (AvgIpc) is 2.15. The Morgan fingerprint density at radius 3 is 2.44 bits per heavy atom. The molecule has 1 rings (SSSR count). The van der Waals surface area contributed by atoms with Crippen molar-refractivity contribution in [2.45, 2.75) is 20.8 Å². The molecule has 0 radical (unpaired) electrons. The van der Waals surface area contributed by atoms with Gasteiger partial charge in [-0.25, -0.2) is 0 Å². The fraction of sp³-hybridized carbons (Fsp3) is 0.714. The van der Waals surface area contributed by atoms with Crippen LogP contribution in [0.4, 0.5) is 0 Å². The van der Waals surface area contributed by atoms with Crippen LogP contribution in [0.1, 0.15) is 20.8 Å². The molecule has 0 aromatic heterocycles. The first-order chi connectivity index (χ1) is 4.25. The van der Waals surface area contributed by atoms with Gasteiger partial charge in [0.25, 0.3) is 0 Å². The first-order valence-corrected chi connectivity index (χ1v) is 4.29. The SMILES string of the molecule is CCN1CSC(C)=C1C. The van der Waals surface area contributed by atoms with Crippen molar-refractivity contribution >= 4 is 11.8 Å². The van der Waals surface area contributed by atoms with Gasteiger partial charge in [0.05, 0.1) is 5.88 Å². The molecule has 0 amide bonds. The zero-order chi connectivity index (χ0) is 6.85. The summed E-state index contributed by atoms with van der Waals surface area (Å²) in [5.41, 5.74) is 1.46. The van der Waals surface area contributed by atoms with E-state index in [2.05, 4.69) is 25.7 Å². The fourth-order valence-electron chi connectivity index (χ4n) is 0.927. The molecule has 9 heavy (non-hydrogen) atoms. The summed E-state index contributed by atoms with van der Waals surface area (Å²) >= 11 is 1.94. The van der Waals surface area contributed by atoms with Gasteiger partial charge in [-0.05, 0) is 20.8 Å². The lowest BCUT2D eigenvalue weighted by molar-refractivity contribution is 0.433. The van der Waals surface area contributed by atoms with Gasteiger partial charge in [-0.15, -0.1) is 11.8 Å². The van der Waals surface area contributed by atoms with Crippen molar-refractivity contribution in [3.8, 4) is 0 Å². The molecular weight excluding hydrogens is 130 g/mol. The van der Waals surface area contributed by atoms with Gasteiger partial charge in [0.1, 0.15) is 0 Å². The van der Waals surface area contributed by atoms with E-state index < -0.39 is 0 Å². The minimum atomic E-state index is 1.15. The molecule has 0 aromatic rings. The molecule has 0 saturated carbocycles. The lowest BCUT2D eigenvalue weighted by atomic mass is 10.4. The summed E-state index contributed by atoms with van der Waals surface area (Å²) in [7, 11) is 0.